The van der Waals surface area contributed by atoms with Crippen LogP contribution in [0.5, 0.6) is 0 Å². The first-order chi connectivity index (χ1) is 45.6. The van der Waals surface area contributed by atoms with Crippen LogP contribution in [0.4, 0.5) is 9.59 Å². The maximum atomic E-state index is 14.5. The van der Waals surface area contributed by atoms with Gasteiger partial charge >= 0.3 is 42.0 Å². The Balaban J connectivity index is 0.000000442. The molecule has 4 amide bonds. The summed E-state index contributed by atoms with van der Waals surface area (Å²) in [4.78, 5) is 136. The second-order valence-electron chi connectivity index (χ2n) is 28.8. The van der Waals surface area contributed by atoms with Crippen LogP contribution in [-0.4, -0.2) is 167 Å². The number of ether oxygens (including phenoxy) is 6. The molecule has 4 fully saturated rings. The molecule has 2 saturated carbocycles. The summed E-state index contributed by atoms with van der Waals surface area (Å²) in [6, 6.07) is 16.5. The number of carbonyl (C=O) groups is 10. The number of hydrogen-bond acceptors (Lipinski definition) is 16. The third-order valence-corrected chi connectivity index (χ3v) is 18.4. The van der Waals surface area contributed by atoms with Crippen molar-refractivity contribution >= 4 is 59.6 Å². The number of aliphatic carboxylic acids is 1. The largest absolute Gasteiger partial charge is 1.00 e. The van der Waals surface area contributed by atoms with E-state index in [0.717, 1.165) is 56.1 Å². The zero-order chi connectivity index (χ0) is 72.6. The van der Waals surface area contributed by atoms with E-state index in [4.69, 9.17) is 23.7 Å². The average Bonchev–Trinajstić information content (AvgIpc) is 1.54. The number of methoxy groups -OCH3 is 2. The van der Waals surface area contributed by atoms with E-state index in [1.807, 2.05) is 86.7 Å². The van der Waals surface area contributed by atoms with E-state index < -0.39 is 88.9 Å². The molecule has 0 unspecified atom stereocenters. The Hall–Kier alpha value is -7.85. The van der Waals surface area contributed by atoms with Crippen LogP contribution in [-0.2, 0) is 80.0 Å². The lowest BCUT2D eigenvalue weighted by molar-refractivity contribution is -0.409. The predicted molar refractivity (Wildman–Crippen MR) is 366 cm³/mol. The number of Topliss-reactive ketones (excluding diaryl/α,β-unsaturated/α-hetero) is 1. The van der Waals surface area contributed by atoms with Crippen LogP contribution < -0.4 is 18.1 Å². The number of hydrogen-bond donors (Lipinski definition) is 2. The van der Waals surface area contributed by atoms with Gasteiger partial charge in [-0.1, -0.05) is 119 Å². The molecular weight excluding hydrogens is 1280 g/mol. The number of carboxylic acids is 1. The van der Waals surface area contributed by atoms with Crippen molar-refractivity contribution in [1.82, 2.24) is 19.6 Å². The van der Waals surface area contributed by atoms with Crippen LogP contribution in [0.15, 0.2) is 111 Å². The van der Waals surface area contributed by atoms with E-state index in [0.29, 0.717) is 19.5 Å². The van der Waals surface area contributed by atoms with E-state index in [1.165, 1.54) is 41.1 Å². The number of esters is 4. The molecule has 0 spiro atoms. The molecule has 2 heterocycles. The SMILES string of the molecule is C=CCCCC[C@H](CC(=O)[C@@H]1[C@@H]2[C@H](CN1C(=O)[C@@H](CC(=O)OC(C)(C)C)CN(CC=C)C(=O)OCc1ccccc1)C2(C)C)C(=O)OC.C=CCCCC[C@H]([NH3+])C(=O)OC.C=CCN(C[C@H](CC(=O)OC(C)(C)C)C(=O)N1C[C@H]2[C@@H]([C@H]1C(=O)O)C2(C)C)C(=O)OCc1ccccc1.[Cl-]. The van der Waals surface area contributed by atoms with Gasteiger partial charge in [-0.15, -0.1) is 26.3 Å². The van der Waals surface area contributed by atoms with Crippen molar-refractivity contribution in [1.29, 1.82) is 0 Å². The minimum Gasteiger partial charge on any atom is -1.00 e. The number of benzene rings is 2. The Bertz CT molecular complexity index is 3030. The fourth-order valence-corrected chi connectivity index (χ4v) is 13.2. The standard InChI is InChI=1S/C38H54N2O8.C28H38N2O7.C9H17NO2.ClH/c1-9-11-12-16-19-27(35(44)46-8)21-30(41)33-32-29(38(32,6)7)24-40(33)34(43)28(22-31(42)48-37(3,4)5)23-39(20-10-2)36(45)47-25-26-17-14-13-15-18-26;1-7-13-29(26(35)36-17-18-11-9-8-10-12-18)15-19(14-21(31)37-27(2,3)4)24(32)30-16-20-22(28(20,5)6)23(30)25(33)34;1-3-4-5-6-7-8(10)9(11)12-2;/h9-10,13-15,17-18,27-29,32-33H,1-2,11-12,16,19-25H2,3-8H3;7-12,19-20,22-23H,1,13-17H2,2-6H3,(H,33,34);3,8H,1,4-7,10H2,2H3;1H/t27-,28+,29+,32+,33-;19-,20-,22-,23-;8-;/m100./s1. The highest BCUT2D eigenvalue weighted by molar-refractivity contribution is 5.95. The number of rotatable bonds is 34. The number of amides is 4. The summed E-state index contributed by atoms with van der Waals surface area (Å²) >= 11 is 0. The summed E-state index contributed by atoms with van der Waals surface area (Å²) < 4.78 is 31.6. The summed E-state index contributed by atoms with van der Waals surface area (Å²) in [6.45, 7) is 34.0. The van der Waals surface area contributed by atoms with Gasteiger partial charge in [0.2, 0.25) is 11.8 Å². The minimum absolute atomic E-state index is 0. The Morgan fingerprint density at radius 1 is 0.571 bits per heavy atom. The first kappa shape index (κ1) is 84.4. The second kappa shape index (κ2) is 39.1. The molecule has 0 bridgehead atoms. The maximum absolute atomic E-state index is 14.5. The molecule has 0 radical (unpaired) electrons. The van der Waals surface area contributed by atoms with E-state index in [2.05, 4.69) is 50.6 Å². The van der Waals surface area contributed by atoms with Crippen molar-refractivity contribution in [3.63, 3.8) is 0 Å². The normalized spacial score (nSPS) is 20.0. The topological polar surface area (TPSA) is 287 Å². The van der Waals surface area contributed by atoms with Gasteiger partial charge in [0.15, 0.2) is 11.8 Å². The molecule has 2 aliphatic heterocycles. The fourth-order valence-electron chi connectivity index (χ4n) is 13.2. The van der Waals surface area contributed by atoms with Crippen molar-refractivity contribution in [3.8, 4) is 0 Å². The van der Waals surface area contributed by atoms with E-state index in [1.54, 1.807) is 46.4 Å². The molecule has 6 rings (SSSR count). The van der Waals surface area contributed by atoms with Gasteiger partial charge in [0.05, 0.1) is 50.9 Å². The number of ketones is 1. The Morgan fingerprint density at radius 2 is 0.959 bits per heavy atom. The van der Waals surface area contributed by atoms with Crippen molar-refractivity contribution in [2.45, 2.75) is 182 Å². The molecule has 4 N–H and O–H groups in total. The van der Waals surface area contributed by atoms with Gasteiger partial charge in [0.25, 0.3) is 0 Å². The number of likely N-dealkylation sites (tertiary alicyclic amines) is 2. The Kier molecular flexibility index (Phi) is 33.6. The summed E-state index contributed by atoms with van der Waals surface area (Å²) in [6.07, 6.45) is 11.6. The molecule has 544 valence electrons. The summed E-state index contributed by atoms with van der Waals surface area (Å²) in [5.41, 5.74) is 3.46. The number of nitrogens with zero attached hydrogens (tertiary/aromatic N) is 4. The van der Waals surface area contributed by atoms with E-state index in [9.17, 15) is 53.1 Å². The van der Waals surface area contributed by atoms with Crippen LogP contribution in [0.2, 0.25) is 0 Å². The number of piperidine rings is 2. The quantitative estimate of drug-likeness (QED) is 0.0299. The third-order valence-electron chi connectivity index (χ3n) is 18.4. The lowest BCUT2D eigenvalue weighted by Crippen LogP contribution is -3.00. The average molecular weight is 1390 g/mol. The molecule has 2 saturated heterocycles. The Morgan fingerprint density at radius 3 is 1.33 bits per heavy atom. The van der Waals surface area contributed by atoms with Crippen LogP contribution in [0.3, 0.4) is 0 Å². The van der Waals surface area contributed by atoms with E-state index in [-0.39, 0.29) is 123 Å². The zero-order valence-electron chi connectivity index (χ0n) is 60.0. The van der Waals surface area contributed by atoms with Crippen molar-refractivity contribution < 1.29 is 99.6 Å². The van der Waals surface area contributed by atoms with Crippen molar-refractivity contribution in [3.05, 3.63) is 122 Å². The smallest absolute Gasteiger partial charge is 0.410 e. The monoisotopic (exact) mass is 1390 g/mol. The molecule has 2 aliphatic carbocycles. The van der Waals surface area contributed by atoms with Gasteiger partial charge in [-0.05, 0) is 120 Å². The number of allylic oxidation sites excluding steroid dienone is 2. The second-order valence-corrected chi connectivity index (χ2v) is 28.8. The number of fused-ring (bicyclic) bond motifs is 2. The van der Waals surface area contributed by atoms with Gasteiger partial charge in [0, 0.05) is 58.0 Å². The highest BCUT2D eigenvalue weighted by atomic mass is 35.5. The lowest BCUT2D eigenvalue weighted by Gasteiger charge is -2.35. The van der Waals surface area contributed by atoms with E-state index >= 15 is 0 Å². The van der Waals surface area contributed by atoms with Crippen molar-refractivity contribution in [2.24, 2.45) is 52.3 Å². The number of carboxylic acid groups (broad SMARTS) is 1. The molecule has 98 heavy (non-hydrogen) atoms. The molecule has 0 aromatic heterocycles. The predicted octanol–water partition coefficient (Wildman–Crippen LogP) is 7.38. The highest BCUT2D eigenvalue weighted by Crippen LogP contribution is 2.66. The molecule has 4 aliphatic rings. The van der Waals surface area contributed by atoms with Crippen LogP contribution >= 0.6 is 0 Å². The van der Waals surface area contributed by atoms with Gasteiger partial charge in [-0.3, -0.25) is 28.8 Å². The molecule has 2 aromatic rings. The van der Waals surface area contributed by atoms with Gasteiger partial charge < -0.3 is 71.3 Å². The molecule has 10 atom stereocenters. The molecular formula is C75H110ClN5O17. The van der Waals surface area contributed by atoms with Gasteiger partial charge in [0.1, 0.15) is 30.5 Å². The summed E-state index contributed by atoms with van der Waals surface area (Å²) in [5, 5.41) is 9.93. The molecule has 23 heteroatoms. The van der Waals surface area contributed by atoms with Crippen LogP contribution in [0, 0.1) is 52.3 Å². The number of halogens is 1. The number of unbranched alkanes of at least 4 members (excludes halogenated alkanes) is 4. The molecule has 2 aromatic carbocycles. The summed E-state index contributed by atoms with van der Waals surface area (Å²) in [5.74, 6) is -6.65. The van der Waals surface area contributed by atoms with Gasteiger partial charge in [-0.2, -0.15) is 0 Å². The zero-order valence-corrected chi connectivity index (χ0v) is 60.7. The maximum Gasteiger partial charge on any atom is 0.410 e. The lowest BCUT2D eigenvalue weighted by atomic mass is 9.89. The first-order valence-corrected chi connectivity index (χ1v) is 33.8. The number of quaternary nitrogens is 1. The van der Waals surface area contributed by atoms with Gasteiger partial charge in [-0.25, -0.2) is 19.2 Å². The fraction of sp³-hybridized carbons (Fsp3) is 0.600. The van der Waals surface area contributed by atoms with Crippen molar-refractivity contribution in [2.75, 3.05) is 53.5 Å². The van der Waals surface area contributed by atoms with Crippen LogP contribution in [0.25, 0.3) is 0 Å². The first-order valence-electron chi connectivity index (χ1n) is 33.8. The molecule has 22 nitrogen and oxygen atoms in total. The summed E-state index contributed by atoms with van der Waals surface area (Å²) in [7, 11) is 2.71. The Labute approximate surface area is 586 Å². The third kappa shape index (κ3) is 25.5. The number of carbonyl (C=O) groups excluding carboxylic acids is 9. The highest BCUT2D eigenvalue weighted by Gasteiger charge is 2.71. The van der Waals surface area contributed by atoms with Crippen LogP contribution in [0.1, 0.15) is 151 Å². The minimum atomic E-state index is -1.06.